The molecule has 0 aromatic heterocycles. The third-order valence-corrected chi connectivity index (χ3v) is 6.13. The Balaban J connectivity index is 1.82. The van der Waals surface area contributed by atoms with Gasteiger partial charge in [0.05, 0.1) is 18.1 Å². The van der Waals surface area contributed by atoms with Gasteiger partial charge in [-0.1, -0.05) is 25.6 Å². The minimum Gasteiger partial charge on any atom is -0.359 e. The first kappa shape index (κ1) is 14.4. The first-order valence-electron chi connectivity index (χ1n) is 7.43. The van der Waals surface area contributed by atoms with Gasteiger partial charge in [0.15, 0.2) is 5.17 Å². The van der Waals surface area contributed by atoms with Gasteiger partial charge >= 0.3 is 0 Å². The van der Waals surface area contributed by atoms with Gasteiger partial charge < -0.3 is 9.64 Å². The number of carbonyl (C=O) groups excluding carboxylic acids is 1. The van der Waals surface area contributed by atoms with Gasteiger partial charge in [-0.3, -0.25) is 4.79 Å². The summed E-state index contributed by atoms with van der Waals surface area (Å²) >= 11 is 1.79. The van der Waals surface area contributed by atoms with Crippen LogP contribution in [0.25, 0.3) is 0 Å². The Labute approximate surface area is 125 Å². The summed E-state index contributed by atoms with van der Waals surface area (Å²) < 4.78 is 5.55. The monoisotopic (exact) mass is 296 g/mol. The average Bonchev–Trinajstić information content (AvgIpc) is 2.69. The number of carbonyl (C=O) groups is 1. The van der Waals surface area contributed by atoms with E-state index in [0.29, 0.717) is 18.6 Å². The number of amidine groups is 1. The van der Waals surface area contributed by atoms with Crippen LogP contribution in [-0.2, 0) is 9.53 Å². The van der Waals surface area contributed by atoms with E-state index in [0.717, 1.165) is 18.0 Å². The molecule has 1 saturated heterocycles. The van der Waals surface area contributed by atoms with E-state index in [4.69, 9.17) is 4.74 Å². The zero-order valence-electron chi connectivity index (χ0n) is 12.8. The van der Waals surface area contributed by atoms with Crippen molar-refractivity contribution in [1.29, 1.82) is 0 Å². The lowest BCUT2D eigenvalue weighted by Gasteiger charge is -2.42. The molecule has 0 aromatic rings. The minimum atomic E-state index is -0.0626. The van der Waals surface area contributed by atoms with E-state index in [-0.39, 0.29) is 22.8 Å². The van der Waals surface area contributed by atoms with Gasteiger partial charge in [0.2, 0.25) is 0 Å². The summed E-state index contributed by atoms with van der Waals surface area (Å²) in [5.41, 5.74) is 0.216. The van der Waals surface area contributed by atoms with E-state index in [2.05, 4.69) is 37.6 Å². The number of aliphatic imine (C=N–C) groups is 1. The van der Waals surface area contributed by atoms with E-state index in [1.54, 1.807) is 11.8 Å². The third-order valence-electron chi connectivity index (χ3n) is 4.74. The molecule has 112 valence electrons. The quantitative estimate of drug-likeness (QED) is 0.689. The molecule has 5 heteroatoms. The molecule has 2 aliphatic heterocycles. The molecule has 2 atom stereocenters. The van der Waals surface area contributed by atoms with Crippen molar-refractivity contribution in [2.24, 2.45) is 16.3 Å². The summed E-state index contributed by atoms with van der Waals surface area (Å²) in [5, 5.41) is 1.28. The van der Waals surface area contributed by atoms with Gasteiger partial charge in [-0.15, -0.1) is 0 Å². The van der Waals surface area contributed by atoms with Crippen LogP contribution >= 0.6 is 11.8 Å². The lowest BCUT2D eigenvalue weighted by molar-refractivity contribution is -0.123. The van der Waals surface area contributed by atoms with Crippen molar-refractivity contribution in [3.05, 3.63) is 0 Å². The molecule has 1 aliphatic carbocycles. The second kappa shape index (κ2) is 4.73. The van der Waals surface area contributed by atoms with Crippen LogP contribution < -0.4 is 0 Å². The first-order valence-corrected chi connectivity index (χ1v) is 8.31. The van der Waals surface area contributed by atoms with Crippen molar-refractivity contribution in [2.75, 3.05) is 13.3 Å². The highest BCUT2D eigenvalue weighted by Gasteiger charge is 2.45. The number of amides is 1. The molecule has 0 aromatic carbocycles. The summed E-state index contributed by atoms with van der Waals surface area (Å²) in [6.07, 6.45) is 3.28. The molecule has 3 rings (SSSR count). The number of rotatable bonds is 0. The van der Waals surface area contributed by atoms with E-state index in [1.807, 2.05) is 0 Å². The number of ether oxygens (including phenoxy) is 1. The van der Waals surface area contributed by atoms with Crippen LogP contribution in [0.5, 0.6) is 0 Å². The number of hydrogen-bond donors (Lipinski definition) is 0. The van der Waals surface area contributed by atoms with Gasteiger partial charge in [-0.25, -0.2) is 0 Å². The van der Waals surface area contributed by atoms with Crippen LogP contribution in [0.15, 0.2) is 4.99 Å². The van der Waals surface area contributed by atoms with E-state index < -0.39 is 0 Å². The maximum Gasteiger partial charge on any atom is 0.252 e. The second-order valence-corrected chi connectivity index (χ2v) is 8.83. The highest BCUT2D eigenvalue weighted by Crippen LogP contribution is 2.46. The molecule has 20 heavy (non-hydrogen) atoms. The number of fused-ring (bicyclic) bond motifs is 1. The van der Waals surface area contributed by atoms with Gasteiger partial charge in [-0.05, 0) is 38.5 Å². The van der Waals surface area contributed by atoms with Gasteiger partial charge in [0, 0.05) is 5.25 Å². The topological polar surface area (TPSA) is 41.9 Å². The smallest absolute Gasteiger partial charge is 0.252 e. The Morgan fingerprint density at radius 2 is 2.10 bits per heavy atom. The molecule has 1 saturated carbocycles. The fourth-order valence-electron chi connectivity index (χ4n) is 3.37. The molecule has 0 bridgehead atoms. The van der Waals surface area contributed by atoms with Gasteiger partial charge in [0.1, 0.15) is 6.73 Å². The number of thioether (sulfide) groups is 1. The zero-order chi connectivity index (χ0) is 14.5. The Hall–Kier alpha value is -0.550. The van der Waals surface area contributed by atoms with Gasteiger partial charge in [-0.2, -0.15) is 4.99 Å². The molecular formula is C15H24N2O2S. The van der Waals surface area contributed by atoms with Crippen molar-refractivity contribution < 1.29 is 9.53 Å². The van der Waals surface area contributed by atoms with Crippen molar-refractivity contribution in [2.45, 2.75) is 57.7 Å². The summed E-state index contributed by atoms with van der Waals surface area (Å²) in [7, 11) is 0. The largest absolute Gasteiger partial charge is 0.359 e. The van der Waals surface area contributed by atoms with Crippen LogP contribution in [0.4, 0.5) is 0 Å². The predicted octanol–water partition coefficient (Wildman–Crippen LogP) is 2.88. The minimum absolute atomic E-state index is 0.0626. The maximum atomic E-state index is 12.4. The molecule has 2 heterocycles. The van der Waals surface area contributed by atoms with Crippen molar-refractivity contribution in [3.8, 4) is 0 Å². The third kappa shape index (κ3) is 2.50. The Morgan fingerprint density at radius 3 is 2.75 bits per heavy atom. The fourth-order valence-corrected chi connectivity index (χ4v) is 4.82. The molecule has 3 aliphatic rings. The first-order chi connectivity index (χ1) is 9.28. The predicted molar refractivity (Wildman–Crippen MR) is 81.7 cm³/mol. The molecule has 0 N–H and O–H groups in total. The van der Waals surface area contributed by atoms with Crippen molar-refractivity contribution in [3.63, 3.8) is 0 Å². The highest BCUT2D eigenvalue weighted by atomic mass is 32.2. The summed E-state index contributed by atoms with van der Waals surface area (Å²) in [5.74, 6) is 0.193. The van der Waals surface area contributed by atoms with E-state index >= 15 is 0 Å². The highest BCUT2D eigenvalue weighted by molar-refractivity contribution is 8.14. The summed E-state index contributed by atoms with van der Waals surface area (Å²) in [4.78, 5) is 19.0. The summed E-state index contributed by atoms with van der Waals surface area (Å²) in [6, 6.07) is 0. The summed E-state index contributed by atoms with van der Waals surface area (Å²) in [6.45, 7) is 10.1. The van der Waals surface area contributed by atoms with Crippen LogP contribution in [0.2, 0.25) is 0 Å². The Kier molecular flexibility index (Phi) is 3.41. The lowest BCUT2D eigenvalue weighted by Crippen LogP contribution is -2.48. The average molecular weight is 296 g/mol. The standard InChI is InChI=1S/C15H24N2O2S/c1-14(2)6-5-11-10(7-14)12(18)16-13(20-11)17-9-19-8-15(17,3)4/h10-11H,5-9H2,1-4H3. The SMILES string of the molecule is CC1(C)CCC2SC(N3COCC3(C)C)=NC(=O)C2C1. The van der Waals surface area contributed by atoms with Crippen LogP contribution in [-0.4, -0.2) is 40.1 Å². The van der Waals surface area contributed by atoms with E-state index in [1.165, 1.54) is 6.42 Å². The molecule has 1 amide bonds. The molecule has 2 unspecified atom stereocenters. The molecule has 4 nitrogen and oxygen atoms in total. The molecule has 2 fully saturated rings. The normalized spacial score (nSPS) is 35.7. The Morgan fingerprint density at radius 1 is 1.35 bits per heavy atom. The second-order valence-electron chi connectivity index (χ2n) is 7.62. The van der Waals surface area contributed by atoms with Crippen LogP contribution in [0, 0.1) is 11.3 Å². The number of nitrogens with zero attached hydrogens (tertiary/aromatic N) is 2. The maximum absolute atomic E-state index is 12.4. The fraction of sp³-hybridized carbons (Fsp3) is 0.867. The van der Waals surface area contributed by atoms with Crippen LogP contribution in [0.3, 0.4) is 0 Å². The molecule has 0 radical (unpaired) electrons. The lowest BCUT2D eigenvalue weighted by atomic mass is 9.71. The zero-order valence-corrected chi connectivity index (χ0v) is 13.6. The van der Waals surface area contributed by atoms with E-state index in [9.17, 15) is 4.79 Å². The number of hydrogen-bond acceptors (Lipinski definition) is 4. The Bertz CT molecular complexity index is 459. The molecular weight excluding hydrogens is 272 g/mol. The van der Waals surface area contributed by atoms with Crippen molar-refractivity contribution >= 4 is 22.8 Å². The van der Waals surface area contributed by atoms with Gasteiger partial charge in [0.25, 0.3) is 5.91 Å². The molecule has 0 spiro atoms. The van der Waals surface area contributed by atoms with Crippen LogP contribution in [0.1, 0.15) is 47.0 Å². The van der Waals surface area contributed by atoms with Crippen molar-refractivity contribution in [1.82, 2.24) is 4.90 Å².